The van der Waals surface area contributed by atoms with Crippen LogP contribution in [0.1, 0.15) is 31.7 Å². The lowest BCUT2D eigenvalue weighted by atomic mass is 9.87. The quantitative estimate of drug-likeness (QED) is 0.411. The number of nitriles is 1. The summed E-state index contributed by atoms with van der Waals surface area (Å²) in [6.45, 7) is 5.74. The van der Waals surface area contributed by atoms with E-state index < -0.39 is 0 Å². The molecule has 5 atom stereocenters. The molecule has 214 valence electrons. The molecule has 11 heteroatoms. The average molecular weight is 558 g/mol. The van der Waals surface area contributed by atoms with Crippen molar-refractivity contribution in [3.05, 3.63) is 42.4 Å². The first-order valence-corrected chi connectivity index (χ1v) is 14.6. The summed E-state index contributed by atoms with van der Waals surface area (Å²) >= 11 is 0. The Labute approximate surface area is 238 Å². The van der Waals surface area contributed by atoms with Gasteiger partial charge in [-0.05, 0) is 55.2 Å². The number of nitrogens with zero attached hydrogens (tertiary/aromatic N) is 6. The molecule has 8 rings (SSSR count). The number of piperazine rings is 1. The van der Waals surface area contributed by atoms with Crippen molar-refractivity contribution < 1.29 is 19.4 Å². The molecule has 1 aliphatic carbocycles. The second kappa shape index (κ2) is 10.5. The van der Waals surface area contributed by atoms with Gasteiger partial charge in [-0.25, -0.2) is 14.3 Å². The largest absolute Gasteiger partial charge is 0.492 e. The average Bonchev–Trinajstić information content (AvgIpc) is 3.31. The van der Waals surface area contributed by atoms with Crippen molar-refractivity contribution in [2.45, 2.75) is 44.3 Å². The number of urea groups is 1. The monoisotopic (exact) mass is 557 g/mol. The third-order valence-electron chi connectivity index (χ3n) is 9.41. The number of pyridine rings is 2. The topological polar surface area (TPSA) is 128 Å². The SMILES string of the molecule is CC[C@H](CO)NC(=O)N1C2CC1CN(c1ccc(-c3cc(OCCC4C5COCC45)cn4ncc(C#N)c34)cn1)C2. The number of piperidine rings is 1. The lowest BCUT2D eigenvalue weighted by Gasteiger charge is -2.56. The Kier molecular flexibility index (Phi) is 6.67. The molecule has 4 unspecified atom stereocenters. The molecular weight excluding hydrogens is 522 g/mol. The van der Waals surface area contributed by atoms with Gasteiger partial charge in [-0.1, -0.05) is 6.92 Å². The van der Waals surface area contributed by atoms with Crippen molar-refractivity contribution in [2.75, 3.05) is 44.4 Å². The van der Waals surface area contributed by atoms with Crippen LogP contribution in [0.4, 0.5) is 10.6 Å². The lowest BCUT2D eigenvalue weighted by molar-refractivity contribution is 0.0340. The molecule has 2 N–H and O–H groups in total. The molecule has 1 saturated carbocycles. The molecule has 3 aromatic heterocycles. The van der Waals surface area contributed by atoms with Crippen LogP contribution in [-0.4, -0.2) is 88.3 Å². The van der Waals surface area contributed by atoms with Gasteiger partial charge in [0.2, 0.25) is 0 Å². The molecule has 5 fully saturated rings. The highest BCUT2D eigenvalue weighted by Crippen LogP contribution is 2.52. The fraction of sp³-hybridized carbons (Fsp3) is 0.533. The predicted molar refractivity (Wildman–Crippen MR) is 150 cm³/mol. The number of anilines is 1. The Bertz CT molecular complexity index is 1460. The Hall–Kier alpha value is -3.88. The van der Waals surface area contributed by atoms with Crippen LogP contribution >= 0.6 is 0 Å². The Balaban J connectivity index is 1.05. The van der Waals surface area contributed by atoms with Crippen molar-refractivity contribution >= 4 is 17.4 Å². The number of hydrogen-bond donors (Lipinski definition) is 2. The number of carbonyl (C=O) groups is 1. The molecule has 41 heavy (non-hydrogen) atoms. The first-order chi connectivity index (χ1) is 20.1. The number of nitrogens with one attached hydrogen (secondary N) is 1. The summed E-state index contributed by atoms with van der Waals surface area (Å²) in [7, 11) is 0. The molecule has 0 spiro atoms. The summed E-state index contributed by atoms with van der Waals surface area (Å²) in [4.78, 5) is 21.7. The zero-order chi connectivity index (χ0) is 28.1. The minimum absolute atomic E-state index is 0.0541. The van der Waals surface area contributed by atoms with Crippen LogP contribution in [0.15, 0.2) is 36.8 Å². The zero-order valence-electron chi connectivity index (χ0n) is 23.1. The molecule has 0 radical (unpaired) electrons. The molecular formula is C30H35N7O4. The highest BCUT2D eigenvalue weighted by Gasteiger charge is 2.53. The second-order valence-corrected chi connectivity index (χ2v) is 11.7. The summed E-state index contributed by atoms with van der Waals surface area (Å²) in [6, 6.07) is 8.23. The van der Waals surface area contributed by atoms with Crippen LogP contribution in [0.5, 0.6) is 5.75 Å². The smallest absolute Gasteiger partial charge is 0.318 e. The summed E-state index contributed by atoms with van der Waals surface area (Å²) < 4.78 is 13.4. The van der Waals surface area contributed by atoms with Crippen molar-refractivity contribution in [1.82, 2.24) is 24.8 Å². The normalized spacial score (nSPS) is 26.7. The number of aliphatic hydroxyl groups is 1. The number of ether oxygens (including phenoxy) is 2. The van der Waals surface area contributed by atoms with Gasteiger partial charge in [-0.3, -0.25) is 0 Å². The maximum Gasteiger partial charge on any atom is 0.318 e. The van der Waals surface area contributed by atoms with Crippen molar-refractivity contribution in [1.29, 1.82) is 5.26 Å². The van der Waals surface area contributed by atoms with Crippen LogP contribution in [0, 0.1) is 29.1 Å². The minimum Gasteiger partial charge on any atom is -0.492 e. The van der Waals surface area contributed by atoms with Gasteiger partial charge in [0.05, 0.1) is 68.0 Å². The van der Waals surface area contributed by atoms with Crippen LogP contribution in [0.3, 0.4) is 0 Å². The molecule has 2 bridgehead atoms. The van der Waals surface area contributed by atoms with E-state index in [2.05, 4.69) is 21.4 Å². The molecule has 2 amide bonds. The van der Waals surface area contributed by atoms with Crippen molar-refractivity contribution in [3.63, 3.8) is 0 Å². The van der Waals surface area contributed by atoms with Gasteiger partial charge in [-0.15, -0.1) is 0 Å². The van der Waals surface area contributed by atoms with E-state index in [1.807, 2.05) is 42.4 Å². The maximum absolute atomic E-state index is 12.7. The molecule has 4 aliphatic heterocycles. The Morgan fingerprint density at radius 1 is 1.27 bits per heavy atom. The first kappa shape index (κ1) is 26.0. The van der Waals surface area contributed by atoms with Crippen LogP contribution < -0.4 is 15.0 Å². The van der Waals surface area contributed by atoms with E-state index in [1.54, 1.807) is 10.7 Å². The summed E-state index contributed by atoms with van der Waals surface area (Å²) in [5.41, 5.74) is 2.97. The second-order valence-electron chi connectivity index (χ2n) is 11.7. The number of rotatable bonds is 9. The molecule has 0 aromatic carbocycles. The summed E-state index contributed by atoms with van der Waals surface area (Å²) in [5.74, 6) is 3.69. The van der Waals surface area contributed by atoms with E-state index in [1.165, 1.54) is 0 Å². The number of carbonyl (C=O) groups excluding carboxylic acids is 1. The number of aromatic nitrogens is 3. The van der Waals surface area contributed by atoms with Gasteiger partial charge >= 0.3 is 6.03 Å². The fourth-order valence-corrected chi connectivity index (χ4v) is 6.96. The van der Waals surface area contributed by atoms with Crippen LogP contribution in [0.25, 0.3) is 16.6 Å². The predicted octanol–water partition coefficient (Wildman–Crippen LogP) is 2.67. The van der Waals surface area contributed by atoms with Crippen molar-refractivity contribution in [3.8, 4) is 22.9 Å². The van der Waals surface area contributed by atoms with Gasteiger partial charge in [-0.2, -0.15) is 10.4 Å². The molecule has 4 saturated heterocycles. The number of fused-ring (bicyclic) bond motifs is 4. The van der Waals surface area contributed by atoms with E-state index in [-0.39, 0.29) is 30.8 Å². The third-order valence-corrected chi connectivity index (χ3v) is 9.41. The van der Waals surface area contributed by atoms with Gasteiger partial charge in [0, 0.05) is 30.4 Å². The third kappa shape index (κ3) is 4.65. The summed E-state index contributed by atoms with van der Waals surface area (Å²) in [5, 5.41) is 26.5. The standard InChI is InChI=1S/C30H35N7O4/c1-2-20(15-38)34-30(39)37-21-7-22(37)13-35(12-21)28-4-3-18(10-32-28)25-8-23(14-36-29(25)19(9-31)11-33-36)41-6-5-24-26-16-40-17-27(24)26/h3-4,8,10-11,14,20-22,24,26-27,38H,2,5-7,12-13,15-17H2,1H3,(H,34,39)/t20-,21?,22?,24?,26?,27?/m1/s1. The number of amides is 2. The van der Waals surface area contributed by atoms with E-state index in [0.29, 0.717) is 42.1 Å². The molecule has 3 aromatic rings. The van der Waals surface area contributed by atoms with E-state index in [0.717, 1.165) is 61.6 Å². The summed E-state index contributed by atoms with van der Waals surface area (Å²) in [6.07, 6.45) is 7.96. The highest BCUT2D eigenvalue weighted by molar-refractivity contribution is 5.85. The minimum atomic E-state index is -0.213. The first-order valence-electron chi connectivity index (χ1n) is 14.6. The zero-order valence-corrected chi connectivity index (χ0v) is 23.1. The van der Waals surface area contributed by atoms with Gasteiger partial charge < -0.3 is 29.7 Å². The molecule has 7 heterocycles. The number of hydrogen-bond acceptors (Lipinski definition) is 8. The van der Waals surface area contributed by atoms with E-state index in [4.69, 9.17) is 14.5 Å². The van der Waals surface area contributed by atoms with Gasteiger partial charge in [0.1, 0.15) is 17.6 Å². The fourth-order valence-electron chi connectivity index (χ4n) is 6.96. The van der Waals surface area contributed by atoms with Crippen molar-refractivity contribution in [2.24, 2.45) is 17.8 Å². The van der Waals surface area contributed by atoms with E-state index >= 15 is 0 Å². The van der Waals surface area contributed by atoms with E-state index in [9.17, 15) is 15.2 Å². The molecule has 11 nitrogen and oxygen atoms in total. The highest BCUT2D eigenvalue weighted by atomic mass is 16.5. The van der Waals surface area contributed by atoms with Crippen LogP contribution in [0.2, 0.25) is 0 Å². The lowest BCUT2D eigenvalue weighted by Crippen LogP contribution is -2.72. The Morgan fingerprint density at radius 2 is 2.07 bits per heavy atom. The maximum atomic E-state index is 12.7. The van der Waals surface area contributed by atoms with Gasteiger partial charge in [0.25, 0.3) is 0 Å². The molecule has 5 aliphatic rings. The van der Waals surface area contributed by atoms with Crippen LogP contribution in [-0.2, 0) is 4.74 Å². The Morgan fingerprint density at radius 3 is 2.76 bits per heavy atom. The number of aliphatic hydroxyl groups excluding tert-OH is 1. The van der Waals surface area contributed by atoms with Gasteiger partial charge in [0.15, 0.2) is 0 Å².